The Morgan fingerprint density at radius 2 is 2.04 bits per heavy atom. The Labute approximate surface area is 150 Å². The Kier molecular flexibility index (Phi) is 6.74. The molecule has 2 aromatic rings. The first-order chi connectivity index (χ1) is 12.4. The van der Waals surface area contributed by atoms with Crippen LogP contribution >= 0.6 is 0 Å². The second-order valence-electron chi connectivity index (χ2n) is 5.92. The van der Waals surface area contributed by atoms with Gasteiger partial charge in [0, 0.05) is 29.9 Å². The van der Waals surface area contributed by atoms with Crippen LogP contribution in [-0.4, -0.2) is 46.6 Å². The first-order valence-electron chi connectivity index (χ1n) is 8.41. The second kappa shape index (κ2) is 9.00. The molecule has 2 atom stereocenters. The molecule has 8 heteroatoms. The molecule has 140 valence electrons. The third-order valence-corrected chi connectivity index (χ3v) is 4.00. The second-order valence-corrected chi connectivity index (χ2v) is 5.92. The third kappa shape index (κ3) is 5.06. The summed E-state index contributed by atoms with van der Waals surface area (Å²) in [5.74, 6) is -2.18. The Bertz CT molecular complexity index is 786. The molecule has 1 aromatic carbocycles. The quantitative estimate of drug-likeness (QED) is 0.491. The lowest BCUT2D eigenvalue weighted by molar-refractivity contribution is -0.145. The Balaban J connectivity index is 1.94. The number of para-hydroxylation sites is 1. The van der Waals surface area contributed by atoms with E-state index < -0.39 is 29.9 Å². The molecule has 0 bridgehead atoms. The van der Waals surface area contributed by atoms with Crippen molar-refractivity contribution in [1.82, 2.24) is 10.3 Å². The first kappa shape index (κ1) is 19.5. The van der Waals surface area contributed by atoms with Gasteiger partial charge in [-0.15, -0.1) is 0 Å². The molecule has 0 radical (unpaired) electrons. The average molecular weight is 361 g/mol. The Hall–Kier alpha value is -2.87. The van der Waals surface area contributed by atoms with Crippen LogP contribution in [0.15, 0.2) is 30.5 Å². The van der Waals surface area contributed by atoms with Gasteiger partial charge in [0.1, 0.15) is 12.1 Å². The minimum atomic E-state index is -1.13. The number of amides is 1. The van der Waals surface area contributed by atoms with Crippen molar-refractivity contribution in [2.24, 2.45) is 5.73 Å². The van der Waals surface area contributed by atoms with E-state index in [4.69, 9.17) is 10.5 Å². The standard InChI is InChI=1S/C18H23N3O5/c1-2-26-18(25)13(19)7-8-16(22)21-15(17(23)24)9-11-10-20-14-6-4-3-5-12(11)14/h3-6,10,13,15,20H,2,7-9,19H2,1H3,(H,21,22)(H,23,24)/t13-,15-/m1/s1. The maximum Gasteiger partial charge on any atom is 0.326 e. The van der Waals surface area contributed by atoms with Crippen molar-refractivity contribution in [3.8, 4) is 0 Å². The van der Waals surface area contributed by atoms with Crippen LogP contribution in [0.2, 0.25) is 0 Å². The SMILES string of the molecule is CCOC(=O)[C@H](N)CCC(=O)N[C@H](Cc1c[nH]c2ccccc12)C(=O)O. The summed E-state index contributed by atoms with van der Waals surface area (Å²) in [6.07, 6.45) is 1.92. The zero-order chi connectivity index (χ0) is 19.1. The van der Waals surface area contributed by atoms with Crippen molar-refractivity contribution in [3.63, 3.8) is 0 Å². The normalized spacial score (nSPS) is 13.2. The number of aromatic nitrogens is 1. The van der Waals surface area contributed by atoms with Gasteiger partial charge in [0.15, 0.2) is 0 Å². The third-order valence-electron chi connectivity index (χ3n) is 4.00. The number of carbonyl (C=O) groups excluding carboxylic acids is 2. The van der Waals surface area contributed by atoms with E-state index >= 15 is 0 Å². The highest BCUT2D eigenvalue weighted by Gasteiger charge is 2.23. The Morgan fingerprint density at radius 1 is 1.31 bits per heavy atom. The molecule has 0 aliphatic heterocycles. The summed E-state index contributed by atoms with van der Waals surface area (Å²) < 4.78 is 4.77. The van der Waals surface area contributed by atoms with Crippen molar-refractivity contribution < 1.29 is 24.2 Å². The molecule has 26 heavy (non-hydrogen) atoms. The molecule has 0 spiro atoms. The number of esters is 1. The lowest BCUT2D eigenvalue weighted by Gasteiger charge is -2.15. The van der Waals surface area contributed by atoms with E-state index in [1.807, 2.05) is 24.3 Å². The fourth-order valence-electron chi connectivity index (χ4n) is 2.64. The van der Waals surface area contributed by atoms with Crippen molar-refractivity contribution in [1.29, 1.82) is 0 Å². The fraction of sp³-hybridized carbons (Fsp3) is 0.389. The fourth-order valence-corrected chi connectivity index (χ4v) is 2.64. The van der Waals surface area contributed by atoms with E-state index in [2.05, 4.69) is 10.3 Å². The van der Waals surface area contributed by atoms with Gasteiger partial charge in [0.2, 0.25) is 5.91 Å². The summed E-state index contributed by atoms with van der Waals surface area (Å²) in [5.41, 5.74) is 7.34. The highest BCUT2D eigenvalue weighted by Crippen LogP contribution is 2.19. The molecule has 0 unspecified atom stereocenters. The van der Waals surface area contributed by atoms with E-state index in [-0.39, 0.29) is 25.9 Å². The van der Waals surface area contributed by atoms with E-state index in [0.717, 1.165) is 16.5 Å². The number of aliphatic carboxylic acids is 1. The molecule has 0 fully saturated rings. The smallest absolute Gasteiger partial charge is 0.326 e. The minimum absolute atomic E-state index is 0.0579. The summed E-state index contributed by atoms with van der Waals surface area (Å²) in [7, 11) is 0. The molecular weight excluding hydrogens is 338 g/mol. The predicted molar refractivity (Wildman–Crippen MR) is 95.4 cm³/mol. The monoisotopic (exact) mass is 361 g/mol. The molecular formula is C18H23N3O5. The van der Waals surface area contributed by atoms with Crippen LogP contribution in [0.1, 0.15) is 25.3 Å². The van der Waals surface area contributed by atoms with Crippen LogP contribution in [0.25, 0.3) is 10.9 Å². The summed E-state index contributed by atoms with van der Waals surface area (Å²) in [6.45, 7) is 1.88. The molecule has 0 saturated heterocycles. The van der Waals surface area contributed by atoms with Gasteiger partial charge in [-0.05, 0) is 25.0 Å². The number of rotatable bonds is 9. The van der Waals surface area contributed by atoms with Crippen LogP contribution in [0.4, 0.5) is 0 Å². The van der Waals surface area contributed by atoms with Crippen molar-refractivity contribution in [2.75, 3.05) is 6.61 Å². The number of nitrogens with one attached hydrogen (secondary N) is 2. The van der Waals surface area contributed by atoms with Crippen LogP contribution in [0.3, 0.4) is 0 Å². The van der Waals surface area contributed by atoms with Gasteiger partial charge in [0.25, 0.3) is 0 Å². The van der Waals surface area contributed by atoms with Crippen molar-refractivity contribution in [3.05, 3.63) is 36.0 Å². The number of carbonyl (C=O) groups is 3. The summed E-state index contributed by atoms with van der Waals surface area (Å²) in [6, 6.07) is 5.55. The maximum absolute atomic E-state index is 12.0. The number of nitrogens with two attached hydrogens (primary N) is 1. The van der Waals surface area contributed by atoms with Gasteiger partial charge in [0.05, 0.1) is 6.61 Å². The lowest BCUT2D eigenvalue weighted by Crippen LogP contribution is -2.43. The molecule has 0 saturated carbocycles. The van der Waals surface area contributed by atoms with Gasteiger partial charge < -0.3 is 25.9 Å². The average Bonchev–Trinajstić information content (AvgIpc) is 3.02. The number of carboxylic acids is 1. The summed E-state index contributed by atoms with van der Waals surface area (Å²) in [5, 5.41) is 12.8. The van der Waals surface area contributed by atoms with E-state index in [1.165, 1.54) is 0 Å². The van der Waals surface area contributed by atoms with E-state index in [9.17, 15) is 19.5 Å². The molecule has 1 amide bonds. The lowest BCUT2D eigenvalue weighted by atomic mass is 10.0. The molecule has 0 aliphatic rings. The predicted octanol–water partition coefficient (Wildman–Crippen LogP) is 0.950. The van der Waals surface area contributed by atoms with Gasteiger partial charge in [-0.1, -0.05) is 18.2 Å². The van der Waals surface area contributed by atoms with Gasteiger partial charge >= 0.3 is 11.9 Å². The number of H-pyrrole nitrogens is 1. The van der Waals surface area contributed by atoms with Gasteiger partial charge in [-0.3, -0.25) is 9.59 Å². The molecule has 1 heterocycles. The summed E-state index contributed by atoms with van der Waals surface area (Å²) in [4.78, 5) is 38.1. The van der Waals surface area contributed by atoms with Crippen LogP contribution in [-0.2, 0) is 25.5 Å². The van der Waals surface area contributed by atoms with Crippen molar-refractivity contribution in [2.45, 2.75) is 38.3 Å². The molecule has 2 rings (SSSR count). The van der Waals surface area contributed by atoms with Gasteiger partial charge in [-0.2, -0.15) is 0 Å². The number of aromatic amines is 1. The highest BCUT2D eigenvalue weighted by molar-refractivity contribution is 5.87. The maximum atomic E-state index is 12.0. The summed E-state index contributed by atoms with van der Waals surface area (Å²) >= 11 is 0. The number of hydrogen-bond donors (Lipinski definition) is 4. The van der Waals surface area contributed by atoms with Crippen LogP contribution < -0.4 is 11.1 Å². The zero-order valence-electron chi connectivity index (χ0n) is 14.5. The van der Waals surface area contributed by atoms with Crippen LogP contribution in [0, 0.1) is 0 Å². The first-order valence-corrected chi connectivity index (χ1v) is 8.41. The number of fused-ring (bicyclic) bond motifs is 1. The van der Waals surface area contributed by atoms with E-state index in [1.54, 1.807) is 13.1 Å². The topological polar surface area (TPSA) is 135 Å². The molecule has 1 aromatic heterocycles. The Morgan fingerprint density at radius 3 is 2.73 bits per heavy atom. The van der Waals surface area contributed by atoms with Crippen LogP contribution in [0.5, 0.6) is 0 Å². The number of ether oxygens (including phenoxy) is 1. The van der Waals surface area contributed by atoms with E-state index in [0.29, 0.717) is 0 Å². The van der Waals surface area contributed by atoms with Gasteiger partial charge in [-0.25, -0.2) is 4.79 Å². The largest absolute Gasteiger partial charge is 0.480 e. The molecule has 5 N–H and O–H groups in total. The minimum Gasteiger partial charge on any atom is -0.480 e. The number of hydrogen-bond acceptors (Lipinski definition) is 5. The highest BCUT2D eigenvalue weighted by atomic mass is 16.5. The molecule has 0 aliphatic carbocycles. The zero-order valence-corrected chi connectivity index (χ0v) is 14.5. The van der Waals surface area contributed by atoms with Crippen molar-refractivity contribution >= 4 is 28.7 Å². The molecule has 8 nitrogen and oxygen atoms in total. The number of benzene rings is 1. The number of carboxylic acid groups (broad SMARTS) is 1.